The minimum atomic E-state index is -3.58. The number of benzene rings is 1. The van der Waals surface area contributed by atoms with E-state index in [2.05, 4.69) is 14.8 Å². The normalized spacial score (nSPS) is 18.1. The average molecular weight is 460 g/mol. The summed E-state index contributed by atoms with van der Waals surface area (Å²) < 4.78 is 33.6. The molecule has 0 N–H and O–H groups in total. The van der Waals surface area contributed by atoms with Gasteiger partial charge in [0.1, 0.15) is 11.6 Å². The van der Waals surface area contributed by atoms with Crippen LogP contribution in [0.5, 0.6) is 5.75 Å². The Bertz CT molecular complexity index is 1080. The van der Waals surface area contributed by atoms with Gasteiger partial charge in [0, 0.05) is 51.0 Å². The molecule has 0 amide bonds. The largest absolute Gasteiger partial charge is 0.496 e. The van der Waals surface area contributed by atoms with Crippen molar-refractivity contribution >= 4 is 21.8 Å². The maximum Gasteiger partial charge on any atom is 0.243 e. The Morgan fingerprint density at radius 3 is 2.16 bits per heavy atom. The Kier molecular flexibility index (Phi) is 6.57. The van der Waals surface area contributed by atoms with Gasteiger partial charge in [0.15, 0.2) is 0 Å². The van der Waals surface area contributed by atoms with Crippen LogP contribution in [0.25, 0.3) is 0 Å². The summed E-state index contributed by atoms with van der Waals surface area (Å²) in [7, 11) is -1.98. The number of rotatable bonds is 5. The summed E-state index contributed by atoms with van der Waals surface area (Å²) in [5, 5.41) is 0. The van der Waals surface area contributed by atoms with Crippen LogP contribution in [0.4, 0.5) is 11.8 Å². The van der Waals surface area contributed by atoms with Crippen molar-refractivity contribution in [3.05, 3.63) is 35.0 Å². The number of sulfonamides is 1. The summed E-state index contributed by atoms with van der Waals surface area (Å²) in [6, 6.07) is 5.55. The van der Waals surface area contributed by atoms with Crippen molar-refractivity contribution < 1.29 is 13.2 Å². The Morgan fingerprint density at radius 1 is 0.812 bits per heavy atom. The lowest BCUT2D eigenvalue weighted by atomic mass is 10.1. The zero-order chi connectivity index (χ0) is 22.9. The van der Waals surface area contributed by atoms with Crippen LogP contribution in [0.2, 0.25) is 0 Å². The molecule has 2 aromatic rings. The molecule has 2 aliphatic heterocycles. The number of ether oxygens (including phenoxy) is 1. The summed E-state index contributed by atoms with van der Waals surface area (Å²) in [5.41, 5.74) is 2.45. The first-order valence-corrected chi connectivity index (χ1v) is 12.7. The molecule has 0 spiro atoms. The number of piperidine rings is 1. The van der Waals surface area contributed by atoms with Crippen LogP contribution in [-0.2, 0) is 10.0 Å². The van der Waals surface area contributed by atoms with E-state index in [0.717, 1.165) is 30.2 Å². The molecule has 2 aliphatic rings. The summed E-state index contributed by atoms with van der Waals surface area (Å²) >= 11 is 0. The van der Waals surface area contributed by atoms with Crippen molar-refractivity contribution in [2.75, 3.05) is 56.2 Å². The molecule has 0 radical (unpaired) electrons. The third-order valence-corrected chi connectivity index (χ3v) is 8.38. The van der Waals surface area contributed by atoms with Crippen LogP contribution in [0.15, 0.2) is 23.1 Å². The standard InChI is InChI=1S/C23H33N5O3S/c1-17-15-21(18(2)14-20(17)31-4)32(29,30)28-12-10-27(11-13-28)23-24-19(3)16-22(25-23)26-8-6-5-7-9-26/h14-16H,5-13H2,1-4H3. The molecule has 3 heterocycles. The van der Waals surface area contributed by atoms with Crippen LogP contribution < -0.4 is 14.5 Å². The van der Waals surface area contributed by atoms with Gasteiger partial charge < -0.3 is 14.5 Å². The molecular weight excluding hydrogens is 426 g/mol. The van der Waals surface area contributed by atoms with Gasteiger partial charge in [-0.25, -0.2) is 13.4 Å². The molecule has 0 bridgehead atoms. The first kappa shape index (κ1) is 22.8. The van der Waals surface area contributed by atoms with Gasteiger partial charge in [-0.2, -0.15) is 9.29 Å². The first-order valence-electron chi connectivity index (χ1n) is 11.3. The molecule has 0 saturated carbocycles. The Labute approximate surface area is 191 Å². The maximum absolute atomic E-state index is 13.3. The molecule has 1 aromatic carbocycles. The molecular formula is C23H33N5O3S. The molecule has 9 heteroatoms. The van der Waals surface area contributed by atoms with Gasteiger partial charge in [0.05, 0.1) is 12.0 Å². The van der Waals surface area contributed by atoms with Gasteiger partial charge in [-0.1, -0.05) is 0 Å². The van der Waals surface area contributed by atoms with Gasteiger partial charge in [-0.05, 0) is 63.3 Å². The highest BCUT2D eigenvalue weighted by Crippen LogP contribution is 2.29. The molecule has 1 aromatic heterocycles. The van der Waals surface area contributed by atoms with Crippen LogP contribution >= 0.6 is 0 Å². The van der Waals surface area contributed by atoms with Crippen molar-refractivity contribution in [3.8, 4) is 5.75 Å². The van der Waals surface area contributed by atoms with E-state index in [0.29, 0.717) is 48.3 Å². The molecule has 174 valence electrons. The Hall–Kier alpha value is -2.39. The number of hydrogen-bond acceptors (Lipinski definition) is 7. The zero-order valence-corrected chi connectivity index (χ0v) is 20.3. The molecule has 0 aliphatic carbocycles. The number of anilines is 2. The highest BCUT2D eigenvalue weighted by atomic mass is 32.2. The van der Waals surface area contributed by atoms with Gasteiger partial charge in [-0.15, -0.1) is 0 Å². The smallest absolute Gasteiger partial charge is 0.243 e. The number of aromatic nitrogens is 2. The molecule has 2 saturated heterocycles. The van der Waals surface area contributed by atoms with E-state index in [4.69, 9.17) is 9.72 Å². The van der Waals surface area contributed by atoms with Gasteiger partial charge in [0.2, 0.25) is 16.0 Å². The van der Waals surface area contributed by atoms with E-state index < -0.39 is 10.0 Å². The lowest BCUT2D eigenvalue weighted by Crippen LogP contribution is -2.49. The van der Waals surface area contributed by atoms with E-state index in [1.54, 1.807) is 23.5 Å². The van der Waals surface area contributed by atoms with E-state index in [9.17, 15) is 8.42 Å². The van der Waals surface area contributed by atoms with E-state index in [-0.39, 0.29) is 0 Å². The summed E-state index contributed by atoms with van der Waals surface area (Å²) in [6.45, 7) is 9.68. The van der Waals surface area contributed by atoms with Crippen molar-refractivity contribution in [1.29, 1.82) is 0 Å². The van der Waals surface area contributed by atoms with Gasteiger partial charge in [0.25, 0.3) is 0 Å². The predicted molar refractivity (Wildman–Crippen MR) is 126 cm³/mol. The molecule has 0 atom stereocenters. The lowest BCUT2D eigenvalue weighted by molar-refractivity contribution is 0.381. The predicted octanol–water partition coefficient (Wildman–Crippen LogP) is 2.91. The number of aryl methyl sites for hydroxylation is 3. The highest BCUT2D eigenvalue weighted by Gasteiger charge is 2.31. The molecule has 2 fully saturated rings. The van der Waals surface area contributed by atoms with E-state index in [1.807, 2.05) is 26.8 Å². The fourth-order valence-electron chi connectivity index (χ4n) is 4.49. The topological polar surface area (TPSA) is 78.9 Å². The van der Waals surface area contributed by atoms with Crippen molar-refractivity contribution in [1.82, 2.24) is 14.3 Å². The third kappa shape index (κ3) is 4.54. The average Bonchev–Trinajstić information content (AvgIpc) is 2.80. The summed E-state index contributed by atoms with van der Waals surface area (Å²) in [6.07, 6.45) is 3.66. The fourth-order valence-corrected chi connectivity index (χ4v) is 6.21. The van der Waals surface area contributed by atoms with E-state index >= 15 is 0 Å². The first-order chi connectivity index (χ1) is 15.3. The van der Waals surface area contributed by atoms with Gasteiger partial charge in [-0.3, -0.25) is 0 Å². The minimum Gasteiger partial charge on any atom is -0.496 e. The van der Waals surface area contributed by atoms with Crippen LogP contribution in [0.3, 0.4) is 0 Å². The van der Waals surface area contributed by atoms with Crippen LogP contribution in [-0.4, -0.2) is 69.1 Å². The second-order valence-corrected chi connectivity index (χ2v) is 10.6. The quantitative estimate of drug-likeness (QED) is 0.680. The Morgan fingerprint density at radius 2 is 1.50 bits per heavy atom. The monoisotopic (exact) mass is 459 g/mol. The second kappa shape index (κ2) is 9.23. The molecule has 32 heavy (non-hydrogen) atoms. The number of piperazine rings is 1. The summed E-state index contributed by atoms with van der Waals surface area (Å²) in [5.74, 6) is 2.37. The minimum absolute atomic E-state index is 0.350. The molecule has 8 nitrogen and oxygen atoms in total. The maximum atomic E-state index is 13.3. The van der Waals surface area contributed by atoms with Crippen molar-refractivity contribution in [3.63, 3.8) is 0 Å². The Balaban J connectivity index is 1.50. The number of methoxy groups -OCH3 is 1. The lowest BCUT2D eigenvalue weighted by Gasteiger charge is -2.35. The van der Waals surface area contributed by atoms with Crippen LogP contribution in [0, 0.1) is 20.8 Å². The second-order valence-electron chi connectivity index (χ2n) is 8.69. The van der Waals surface area contributed by atoms with Gasteiger partial charge >= 0.3 is 0 Å². The third-order valence-electron chi connectivity index (χ3n) is 6.34. The van der Waals surface area contributed by atoms with Crippen LogP contribution in [0.1, 0.15) is 36.1 Å². The number of nitrogens with zero attached hydrogens (tertiary/aromatic N) is 5. The van der Waals surface area contributed by atoms with E-state index in [1.165, 1.54) is 19.3 Å². The molecule has 0 unspecified atom stereocenters. The number of hydrogen-bond donors (Lipinski definition) is 0. The van der Waals surface area contributed by atoms with Crippen molar-refractivity contribution in [2.24, 2.45) is 0 Å². The SMILES string of the molecule is COc1cc(C)c(S(=O)(=O)N2CCN(c3nc(C)cc(N4CCCCC4)n3)CC2)cc1C. The molecule has 4 rings (SSSR count). The summed E-state index contributed by atoms with van der Waals surface area (Å²) in [4.78, 5) is 14.3. The fraction of sp³-hybridized carbons (Fsp3) is 0.565. The highest BCUT2D eigenvalue weighted by molar-refractivity contribution is 7.89. The van der Waals surface area contributed by atoms with Crippen molar-refractivity contribution in [2.45, 2.75) is 44.9 Å². The zero-order valence-electron chi connectivity index (χ0n) is 19.5.